The molecule has 0 radical (unpaired) electrons. The predicted molar refractivity (Wildman–Crippen MR) is 124 cm³/mol. The van der Waals surface area contributed by atoms with Gasteiger partial charge in [0.15, 0.2) is 9.84 Å². The Morgan fingerprint density at radius 2 is 1.55 bits per heavy atom. The number of hydrogen-bond donors (Lipinski definition) is 0. The molecule has 0 atom stereocenters. The van der Waals surface area contributed by atoms with Crippen molar-refractivity contribution in [3.63, 3.8) is 0 Å². The number of allylic oxidation sites excluding steroid dienone is 1. The van der Waals surface area contributed by atoms with Crippen molar-refractivity contribution in [2.45, 2.75) is 63.2 Å². The molecule has 0 heterocycles. The molecule has 154 valence electrons. The van der Waals surface area contributed by atoms with Gasteiger partial charge in [0.05, 0.1) is 10.6 Å². The van der Waals surface area contributed by atoms with Crippen molar-refractivity contribution in [2.75, 3.05) is 5.75 Å². The molecule has 0 unspecified atom stereocenters. The van der Waals surface area contributed by atoms with Gasteiger partial charge in [-0.05, 0) is 70.6 Å². The molecule has 3 heteroatoms. The Morgan fingerprint density at radius 1 is 0.966 bits per heavy atom. The van der Waals surface area contributed by atoms with E-state index >= 15 is 0 Å². The molecule has 29 heavy (non-hydrogen) atoms. The fraction of sp³-hybridized carbons (Fsp3) is 0.385. The van der Waals surface area contributed by atoms with Gasteiger partial charge in [-0.3, -0.25) is 0 Å². The highest BCUT2D eigenvalue weighted by Gasteiger charge is 2.36. The molecule has 0 saturated carbocycles. The largest absolute Gasteiger partial charge is 0.223 e. The summed E-state index contributed by atoms with van der Waals surface area (Å²) < 4.78 is 24.3. The lowest BCUT2D eigenvalue weighted by molar-refractivity contribution is 0.332. The molecule has 1 aliphatic rings. The zero-order valence-corrected chi connectivity index (χ0v) is 19.1. The van der Waals surface area contributed by atoms with E-state index in [4.69, 9.17) is 0 Å². The van der Waals surface area contributed by atoms with E-state index in [-0.39, 0.29) is 16.6 Å². The number of fused-ring (bicyclic) bond motifs is 1. The summed E-state index contributed by atoms with van der Waals surface area (Å²) in [6.45, 7) is 15.0. The first-order valence-corrected chi connectivity index (χ1v) is 11.9. The predicted octanol–water partition coefficient (Wildman–Crippen LogP) is 6.56. The summed E-state index contributed by atoms with van der Waals surface area (Å²) in [6, 6.07) is 14.0. The molecular weight excluding hydrogens is 376 g/mol. The Hall–Kier alpha value is -2.13. The minimum atomic E-state index is -3.28. The monoisotopic (exact) mass is 408 g/mol. The van der Waals surface area contributed by atoms with Crippen molar-refractivity contribution < 1.29 is 8.42 Å². The van der Waals surface area contributed by atoms with Crippen molar-refractivity contribution in [3.05, 3.63) is 77.4 Å². The minimum absolute atomic E-state index is 0.0392. The summed E-state index contributed by atoms with van der Waals surface area (Å²) in [6.07, 6.45) is 5.95. The molecule has 0 N–H and O–H groups in total. The van der Waals surface area contributed by atoms with Crippen LogP contribution in [0.5, 0.6) is 0 Å². The van der Waals surface area contributed by atoms with E-state index in [1.165, 1.54) is 41.2 Å². The Morgan fingerprint density at radius 3 is 2.14 bits per heavy atom. The molecule has 0 bridgehead atoms. The van der Waals surface area contributed by atoms with E-state index in [2.05, 4.69) is 65.5 Å². The molecule has 3 rings (SSSR count). The van der Waals surface area contributed by atoms with Crippen LogP contribution < -0.4 is 0 Å². The van der Waals surface area contributed by atoms with Gasteiger partial charge in [-0.25, -0.2) is 8.42 Å². The fourth-order valence-corrected chi connectivity index (χ4v) is 5.24. The van der Waals surface area contributed by atoms with Crippen LogP contribution in [0, 0.1) is 0 Å². The molecule has 0 aromatic heterocycles. The maximum absolute atomic E-state index is 12.2. The molecule has 0 fully saturated rings. The Bertz CT molecular complexity index is 1050. The fourth-order valence-electron chi connectivity index (χ4n) is 4.19. The van der Waals surface area contributed by atoms with E-state index < -0.39 is 9.84 Å². The van der Waals surface area contributed by atoms with Gasteiger partial charge in [0.2, 0.25) is 0 Å². The van der Waals surface area contributed by atoms with Crippen LogP contribution in [0.1, 0.15) is 69.7 Å². The van der Waals surface area contributed by atoms with Crippen molar-refractivity contribution in [1.29, 1.82) is 0 Å². The maximum atomic E-state index is 12.2. The lowest BCUT2D eigenvalue weighted by Crippen LogP contribution is -2.33. The van der Waals surface area contributed by atoms with Crippen molar-refractivity contribution in [3.8, 4) is 0 Å². The molecule has 1 aliphatic carbocycles. The Balaban J connectivity index is 1.94. The first-order chi connectivity index (χ1) is 13.5. The second-order valence-corrected chi connectivity index (χ2v) is 11.5. The first-order valence-electron chi connectivity index (χ1n) is 10.2. The molecular formula is C26H32O2S. The normalized spacial score (nSPS) is 18.2. The van der Waals surface area contributed by atoms with Crippen LogP contribution in [0.4, 0.5) is 0 Å². The van der Waals surface area contributed by atoms with Gasteiger partial charge < -0.3 is 0 Å². The van der Waals surface area contributed by atoms with E-state index in [1.54, 1.807) is 12.1 Å². The molecule has 2 aromatic carbocycles. The summed E-state index contributed by atoms with van der Waals surface area (Å²) >= 11 is 0. The van der Waals surface area contributed by atoms with Gasteiger partial charge >= 0.3 is 0 Å². The highest BCUT2D eigenvalue weighted by atomic mass is 32.2. The third kappa shape index (κ3) is 4.40. The summed E-state index contributed by atoms with van der Waals surface area (Å²) in [4.78, 5) is 0.338. The minimum Gasteiger partial charge on any atom is -0.223 e. The van der Waals surface area contributed by atoms with Crippen molar-refractivity contribution in [1.82, 2.24) is 0 Å². The second-order valence-electron chi connectivity index (χ2n) is 9.49. The zero-order chi connectivity index (χ0) is 21.4. The van der Waals surface area contributed by atoms with Gasteiger partial charge in [-0.15, -0.1) is 6.58 Å². The van der Waals surface area contributed by atoms with Crippen LogP contribution in [-0.2, 0) is 20.7 Å². The first kappa shape index (κ1) is 21.6. The number of sulfone groups is 1. The topological polar surface area (TPSA) is 34.1 Å². The average molecular weight is 409 g/mol. The molecule has 0 amide bonds. The molecule has 0 saturated heterocycles. The molecule has 0 spiro atoms. The van der Waals surface area contributed by atoms with Crippen LogP contribution >= 0.6 is 0 Å². The van der Waals surface area contributed by atoms with Crippen LogP contribution in [0.2, 0.25) is 0 Å². The SMILES string of the molecule is C=CCS(=O)(=O)c1ccc(C=C(C)c2ccc3c(c2)C(C)(C)CCC3(C)C)cc1. The van der Waals surface area contributed by atoms with Crippen molar-refractivity contribution >= 4 is 21.5 Å². The molecule has 0 aliphatic heterocycles. The summed E-state index contributed by atoms with van der Waals surface area (Å²) in [5.41, 5.74) is 6.70. The van der Waals surface area contributed by atoms with E-state index in [9.17, 15) is 8.42 Å². The maximum Gasteiger partial charge on any atom is 0.181 e. The summed E-state index contributed by atoms with van der Waals surface area (Å²) in [7, 11) is -3.28. The lowest BCUT2D eigenvalue weighted by Gasteiger charge is -2.42. The van der Waals surface area contributed by atoms with Gasteiger partial charge in [0.1, 0.15) is 0 Å². The highest BCUT2D eigenvalue weighted by molar-refractivity contribution is 7.91. The molecule has 2 aromatic rings. The standard InChI is InChI=1S/C26H32O2S/c1-7-16-29(27,28)22-11-8-20(9-12-22)17-19(2)21-10-13-23-24(18-21)26(5,6)15-14-25(23,3)4/h7-13,17-18H,1,14-16H2,2-6H3. The van der Waals surface area contributed by atoms with Gasteiger partial charge in [-0.1, -0.05) is 70.2 Å². The average Bonchev–Trinajstić information content (AvgIpc) is 2.66. The van der Waals surface area contributed by atoms with Crippen LogP contribution in [0.3, 0.4) is 0 Å². The highest BCUT2D eigenvalue weighted by Crippen LogP contribution is 2.46. The molecule has 2 nitrogen and oxygen atoms in total. The number of rotatable bonds is 5. The smallest absolute Gasteiger partial charge is 0.181 e. The van der Waals surface area contributed by atoms with E-state index in [0.29, 0.717) is 4.90 Å². The van der Waals surface area contributed by atoms with Crippen LogP contribution in [-0.4, -0.2) is 14.2 Å². The van der Waals surface area contributed by atoms with Crippen LogP contribution in [0.25, 0.3) is 11.6 Å². The Labute approximate surface area is 176 Å². The number of hydrogen-bond acceptors (Lipinski definition) is 2. The second kappa shape index (κ2) is 7.60. The summed E-state index contributed by atoms with van der Waals surface area (Å²) in [5, 5.41) is 0. The Kier molecular flexibility index (Phi) is 5.66. The van der Waals surface area contributed by atoms with Gasteiger partial charge in [-0.2, -0.15) is 0 Å². The van der Waals surface area contributed by atoms with Gasteiger partial charge in [0, 0.05) is 0 Å². The van der Waals surface area contributed by atoms with E-state index in [1.807, 2.05) is 12.1 Å². The van der Waals surface area contributed by atoms with Crippen LogP contribution in [0.15, 0.2) is 60.0 Å². The quantitative estimate of drug-likeness (QED) is 0.415. The zero-order valence-electron chi connectivity index (χ0n) is 18.2. The van der Waals surface area contributed by atoms with Gasteiger partial charge in [0.25, 0.3) is 0 Å². The lowest BCUT2D eigenvalue weighted by atomic mass is 9.63. The number of benzene rings is 2. The van der Waals surface area contributed by atoms with E-state index in [0.717, 1.165) is 5.56 Å². The van der Waals surface area contributed by atoms with Crippen molar-refractivity contribution in [2.24, 2.45) is 0 Å². The third-order valence-corrected chi connectivity index (χ3v) is 7.93. The summed E-state index contributed by atoms with van der Waals surface area (Å²) in [5.74, 6) is -0.0392. The third-order valence-electron chi connectivity index (χ3n) is 6.27.